The van der Waals surface area contributed by atoms with Gasteiger partial charge in [-0.15, -0.1) is 0 Å². The molecule has 3 rings (SSSR count). The molecule has 0 aliphatic rings. The van der Waals surface area contributed by atoms with Crippen molar-refractivity contribution in [3.8, 4) is 0 Å². The van der Waals surface area contributed by atoms with Crippen LogP contribution in [0.2, 0.25) is 0 Å². The van der Waals surface area contributed by atoms with Crippen LogP contribution >= 0.6 is 0 Å². The number of carbonyl (C=O) groups excluding carboxylic acids is 1. The number of pyridine rings is 1. The number of hydrogen-bond acceptors (Lipinski definition) is 2. The first-order valence-electron chi connectivity index (χ1n) is 7.29. The highest BCUT2D eigenvalue weighted by Crippen LogP contribution is 2.10. The first-order chi connectivity index (χ1) is 11.2. The van der Waals surface area contributed by atoms with E-state index in [1.165, 1.54) is 0 Å². The standard InChI is InChI=1S/C19H16N2O2/c1-2-13-7-9-14(10-8-13)12-20-18(22)16-11-15-5-3-4-6-17(15)21-19(16)23/h2-11H,1,12H2,(H,20,22)(H,21,23). The van der Waals surface area contributed by atoms with E-state index in [-0.39, 0.29) is 17.0 Å². The van der Waals surface area contributed by atoms with Crippen LogP contribution in [0.25, 0.3) is 17.0 Å². The molecule has 1 aromatic heterocycles. The van der Waals surface area contributed by atoms with Gasteiger partial charge in [0.15, 0.2) is 0 Å². The Labute approximate surface area is 133 Å². The van der Waals surface area contributed by atoms with Crippen LogP contribution in [-0.2, 0) is 6.54 Å². The maximum atomic E-state index is 12.3. The summed E-state index contributed by atoms with van der Waals surface area (Å²) in [5.74, 6) is -0.384. The molecule has 0 fully saturated rings. The van der Waals surface area contributed by atoms with Gasteiger partial charge in [0.05, 0.1) is 0 Å². The number of para-hydroxylation sites is 1. The molecule has 0 bridgehead atoms. The van der Waals surface area contributed by atoms with E-state index in [0.717, 1.165) is 16.5 Å². The zero-order chi connectivity index (χ0) is 16.2. The Morgan fingerprint density at radius 3 is 2.61 bits per heavy atom. The third-order valence-corrected chi connectivity index (χ3v) is 3.67. The highest BCUT2D eigenvalue weighted by molar-refractivity contribution is 5.97. The number of nitrogens with one attached hydrogen (secondary N) is 2. The molecule has 2 aromatic carbocycles. The van der Waals surface area contributed by atoms with Crippen molar-refractivity contribution < 1.29 is 4.79 Å². The van der Waals surface area contributed by atoms with Crippen molar-refractivity contribution in [1.29, 1.82) is 0 Å². The van der Waals surface area contributed by atoms with Gasteiger partial charge in [-0.2, -0.15) is 0 Å². The largest absolute Gasteiger partial charge is 0.348 e. The fourth-order valence-corrected chi connectivity index (χ4v) is 2.37. The minimum atomic E-state index is -0.386. The van der Waals surface area contributed by atoms with Crippen molar-refractivity contribution in [2.75, 3.05) is 0 Å². The Balaban J connectivity index is 1.78. The van der Waals surface area contributed by atoms with E-state index in [9.17, 15) is 9.59 Å². The maximum Gasteiger partial charge on any atom is 0.261 e. The average molecular weight is 304 g/mol. The molecule has 1 heterocycles. The number of aromatic amines is 1. The molecule has 2 N–H and O–H groups in total. The molecular weight excluding hydrogens is 288 g/mol. The van der Waals surface area contributed by atoms with Gasteiger partial charge in [0.25, 0.3) is 11.5 Å². The predicted molar refractivity (Wildman–Crippen MR) is 92.3 cm³/mol. The van der Waals surface area contributed by atoms with Crippen molar-refractivity contribution in [2.24, 2.45) is 0 Å². The molecule has 3 aromatic rings. The molecule has 0 saturated carbocycles. The van der Waals surface area contributed by atoms with E-state index in [4.69, 9.17) is 0 Å². The van der Waals surface area contributed by atoms with Gasteiger partial charge >= 0.3 is 0 Å². The molecule has 0 atom stereocenters. The molecule has 0 unspecified atom stereocenters. The van der Waals surface area contributed by atoms with Crippen molar-refractivity contribution in [2.45, 2.75) is 6.54 Å². The van der Waals surface area contributed by atoms with E-state index < -0.39 is 0 Å². The van der Waals surface area contributed by atoms with Crippen molar-refractivity contribution in [3.05, 3.63) is 88.2 Å². The zero-order valence-electron chi connectivity index (χ0n) is 12.5. The average Bonchev–Trinajstić information content (AvgIpc) is 2.59. The van der Waals surface area contributed by atoms with Crippen LogP contribution in [0.3, 0.4) is 0 Å². The van der Waals surface area contributed by atoms with Crippen LogP contribution in [0.4, 0.5) is 0 Å². The Morgan fingerprint density at radius 2 is 1.87 bits per heavy atom. The monoisotopic (exact) mass is 304 g/mol. The molecular formula is C19H16N2O2. The van der Waals surface area contributed by atoms with Crippen LogP contribution in [0, 0.1) is 0 Å². The second-order valence-corrected chi connectivity index (χ2v) is 5.23. The molecule has 0 aliphatic carbocycles. The number of rotatable bonds is 4. The summed E-state index contributed by atoms with van der Waals surface area (Å²) in [5.41, 5.74) is 2.43. The van der Waals surface area contributed by atoms with Crippen molar-refractivity contribution in [3.63, 3.8) is 0 Å². The van der Waals surface area contributed by atoms with Gasteiger partial charge in [-0.25, -0.2) is 0 Å². The summed E-state index contributed by atoms with van der Waals surface area (Å²) in [4.78, 5) is 27.0. The lowest BCUT2D eigenvalue weighted by molar-refractivity contribution is 0.0949. The minimum Gasteiger partial charge on any atom is -0.348 e. The van der Waals surface area contributed by atoms with Crippen LogP contribution in [0.15, 0.2) is 66.0 Å². The van der Waals surface area contributed by atoms with E-state index in [1.54, 1.807) is 18.2 Å². The predicted octanol–water partition coefficient (Wildman–Crippen LogP) is 3.10. The normalized spacial score (nSPS) is 10.4. The van der Waals surface area contributed by atoms with Crippen LogP contribution in [-0.4, -0.2) is 10.9 Å². The van der Waals surface area contributed by atoms with Gasteiger partial charge in [0, 0.05) is 12.1 Å². The fraction of sp³-hybridized carbons (Fsp3) is 0.0526. The molecule has 1 amide bonds. The maximum absolute atomic E-state index is 12.3. The van der Waals surface area contributed by atoms with Crippen LogP contribution < -0.4 is 10.9 Å². The third kappa shape index (κ3) is 3.21. The summed E-state index contributed by atoms with van der Waals surface area (Å²) in [7, 11) is 0. The Kier molecular flexibility index (Phi) is 4.06. The molecule has 23 heavy (non-hydrogen) atoms. The second kappa shape index (κ2) is 6.32. The Bertz CT molecular complexity index is 924. The van der Waals surface area contributed by atoms with E-state index >= 15 is 0 Å². The highest BCUT2D eigenvalue weighted by atomic mass is 16.2. The van der Waals surface area contributed by atoms with Crippen LogP contribution in [0.5, 0.6) is 0 Å². The third-order valence-electron chi connectivity index (χ3n) is 3.67. The summed E-state index contributed by atoms with van der Waals surface area (Å²) < 4.78 is 0. The fourth-order valence-electron chi connectivity index (χ4n) is 2.37. The molecule has 4 nitrogen and oxygen atoms in total. The van der Waals surface area contributed by atoms with Crippen molar-refractivity contribution in [1.82, 2.24) is 10.3 Å². The lowest BCUT2D eigenvalue weighted by Crippen LogP contribution is -2.29. The number of aromatic nitrogens is 1. The molecule has 4 heteroatoms. The highest BCUT2D eigenvalue weighted by Gasteiger charge is 2.11. The van der Waals surface area contributed by atoms with Gasteiger partial charge in [0.1, 0.15) is 5.56 Å². The number of fused-ring (bicyclic) bond motifs is 1. The second-order valence-electron chi connectivity index (χ2n) is 5.23. The van der Waals surface area contributed by atoms with E-state index in [1.807, 2.05) is 42.5 Å². The molecule has 0 radical (unpaired) electrons. The summed E-state index contributed by atoms with van der Waals surface area (Å²) in [5, 5.41) is 3.60. The molecule has 0 spiro atoms. The number of amides is 1. The van der Waals surface area contributed by atoms with Gasteiger partial charge < -0.3 is 10.3 Å². The number of carbonyl (C=O) groups is 1. The zero-order valence-corrected chi connectivity index (χ0v) is 12.5. The quantitative estimate of drug-likeness (QED) is 0.778. The lowest BCUT2D eigenvalue weighted by atomic mass is 10.1. The Morgan fingerprint density at radius 1 is 1.13 bits per heavy atom. The Hall–Kier alpha value is -3.14. The minimum absolute atomic E-state index is 0.117. The van der Waals surface area contributed by atoms with E-state index in [0.29, 0.717) is 12.1 Å². The molecule has 0 saturated heterocycles. The topological polar surface area (TPSA) is 62.0 Å². The number of H-pyrrole nitrogens is 1. The summed E-state index contributed by atoms with van der Waals surface area (Å²) in [6, 6.07) is 16.7. The number of hydrogen-bond donors (Lipinski definition) is 2. The van der Waals surface area contributed by atoms with Gasteiger partial charge in [-0.1, -0.05) is 55.1 Å². The molecule has 114 valence electrons. The van der Waals surface area contributed by atoms with Crippen LogP contribution in [0.1, 0.15) is 21.5 Å². The molecule has 0 aliphatic heterocycles. The van der Waals surface area contributed by atoms with Gasteiger partial charge in [0.2, 0.25) is 0 Å². The van der Waals surface area contributed by atoms with Crippen molar-refractivity contribution >= 4 is 22.9 Å². The first-order valence-corrected chi connectivity index (χ1v) is 7.29. The van der Waals surface area contributed by atoms with Gasteiger partial charge in [-0.3, -0.25) is 9.59 Å². The summed E-state index contributed by atoms with van der Waals surface area (Å²) in [6.07, 6.45) is 1.76. The first kappa shape index (κ1) is 14.8. The SMILES string of the molecule is C=Cc1ccc(CNC(=O)c2cc3ccccc3[nH]c2=O)cc1. The summed E-state index contributed by atoms with van der Waals surface area (Å²) in [6.45, 7) is 4.06. The van der Waals surface area contributed by atoms with Gasteiger partial charge in [-0.05, 0) is 28.6 Å². The number of benzene rings is 2. The lowest BCUT2D eigenvalue weighted by Gasteiger charge is -2.06. The smallest absolute Gasteiger partial charge is 0.261 e. The van der Waals surface area contributed by atoms with E-state index in [2.05, 4.69) is 16.9 Å². The summed E-state index contributed by atoms with van der Waals surface area (Å²) >= 11 is 0.